The molecule has 5 atom stereocenters. The van der Waals surface area contributed by atoms with Gasteiger partial charge >= 0.3 is 0 Å². The minimum absolute atomic E-state index is 0.108. The van der Waals surface area contributed by atoms with Gasteiger partial charge in [0.25, 0.3) is 0 Å². The van der Waals surface area contributed by atoms with Crippen molar-refractivity contribution in [3.05, 3.63) is 11.1 Å². The molecule has 20 heavy (non-hydrogen) atoms. The fourth-order valence-corrected chi connectivity index (χ4v) is 3.84. The molecule has 7 nitrogen and oxygen atoms in total. The number of ketones is 1. The number of thioether (sulfide) groups is 1. The van der Waals surface area contributed by atoms with Crippen molar-refractivity contribution in [3.8, 4) is 0 Å². The molecule has 0 radical (unpaired) electrons. The number of Topliss-reactive ketones (excluding diaryl/α,β-unsaturated/α-hetero) is 1. The van der Waals surface area contributed by atoms with E-state index in [1.807, 2.05) is 0 Å². The Kier molecular flexibility index (Phi) is 5.13. The second-order valence-corrected chi connectivity index (χ2v) is 6.74. The number of hydrogen-bond acceptors (Lipinski definition) is 9. The van der Waals surface area contributed by atoms with Crippen molar-refractivity contribution in [2.45, 2.75) is 41.1 Å². The number of carbonyl (C=O) groups is 1. The summed E-state index contributed by atoms with van der Waals surface area (Å²) in [5, 5.41) is 38.3. The van der Waals surface area contributed by atoms with E-state index >= 15 is 0 Å². The molecule has 2 rings (SSSR count). The van der Waals surface area contributed by atoms with Crippen LogP contribution in [0.15, 0.2) is 10.5 Å². The van der Waals surface area contributed by atoms with Crippen molar-refractivity contribution >= 4 is 28.9 Å². The lowest BCUT2D eigenvalue weighted by Crippen LogP contribution is -2.57. The molecule has 0 aliphatic carbocycles. The summed E-state index contributed by atoms with van der Waals surface area (Å²) < 4.78 is 5.84. The first-order valence-corrected chi connectivity index (χ1v) is 7.57. The average Bonchev–Trinajstić information content (AvgIpc) is 2.88. The monoisotopic (exact) mass is 321 g/mol. The van der Waals surface area contributed by atoms with E-state index in [4.69, 9.17) is 9.84 Å². The number of aromatic nitrogens is 1. The van der Waals surface area contributed by atoms with Crippen LogP contribution in [0.2, 0.25) is 0 Å². The minimum Gasteiger partial charge on any atom is -0.394 e. The van der Waals surface area contributed by atoms with E-state index < -0.39 is 36.5 Å². The molecule has 0 amide bonds. The van der Waals surface area contributed by atoms with E-state index in [2.05, 4.69) is 4.98 Å². The zero-order chi connectivity index (χ0) is 14.9. The van der Waals surface area contributed by atoms with Crippen LogP contribution in [0.1, 0.15) is 16.6 Å². The summed E-state index contributed by atoms with van der Waals surface area (Å²) in [6, 6.07) is 0. The maximum absolute atomic E-state index is 11.2. The molecule has 0 saturated carbocycles. The Hall–Kier alpha value is -0.550. The number of carbonyl (C=O) groups excluding carboxylic acids is 1. The van der Waals surface area contributed by atoms with Gasteiger partial charge in [-0.25, -0.2) is 4.98 Å². The number of aliphatic hydroxyl groups excluding tert-OH is 4. The Morgan fingerprint density at radius 2 is 2.10 bits per heavy atom. The highest BCUT2D eigenvalue weighted by molar-refractivity contribution is 8.01. The number of thiazole rings is 1. The van der Waals surface area contributed by atoms with Crippen molar-refractivity contribution in [3.63, 3.8) is 0 Å². The lowest BCUT2D eigenvalue weighted by atomic mass is 10.0. The topological polar surface area (TPSA) is 120 Å². The SMILES string of the molecule is CC(=O)c1cnc(SC2OC(CO)C(O)C(O)C2O)s1. The third kappa shape index (κ3) is 3.19. The fourth-order valence-electron chi connectivity index (χ4n) is 1.74. The van der Waals surface area contributed by atoms with Gasteiger partial charge in [-0.1, -0.05) is 11.8 Å². The summed E-state index contributed by atoms with van der Waals surface area (Å²) in [4.78, 5) is 15.7. The number of ether oxygens (including phenoxy) is 1. The zero-order valence-electron chi connectivity index (χ0n) is 10.5. The van der Waals surface area contributed by atoms with Gasteiger partial charge in [-0.3, -0.25) is 4.79 Å². The van der Waals surface area contributed by atoms with Crippen LogP contribution < -0.4 is 0 Å². The number of nitrogens with zero attached hydrogens (tertiary/aromatic N) is 1. The van der Waals surface area contributed by atoms with Gasteiger partial charge in [-0.2, -0.15) is 0 Å². The molecule has 1 aromatic heterocycles. The lowest BCUT2D eigenvalue weighted by molar-refractivity contribution is -0.205. The van der Waals surface area contributed by atoms with Crippen LogP contribution in [0, 0.1) is 0 Å². The van der Waals surface area contributed by atoms with Crippen molar-refractivity contribution in [1.82, 2.24) is 4.98 Å². The summed E-state index contributed by atoms with van der Waals surface area (Å²) >= 11 is 2.19. The van der Waals surface area contributed by atoms with Gasteiger partial charge in [0.05, 0.1) is 17.7 Å². The largest absolute Gasteiger partial charge is 0.394 e. The summed E-state index contributed by atoms with van der Waals surface area (Å²) in [5.41, 5.74) is -0.878. The van der Waals surface area contributed by atoms with E-state index in [1.54, 1.807) is 0 Å². The Balaban J connectivity index is 2.08. The van der Waals surface area contributed by atoms with E-state index in [-0.39, 0.29) is 5.78 Å². The quantitative estimate of drug-likeness (QED) is 0.534. The van der Waals surface area contributed by atoms with Gasteiger partial charge in [0, 0.05) is 6.92 Å². The van der Waals surface area contributed by atoms with Crippen LogP contribution in [0.25, 0.3) is 0 Å². The van der Waals surface area contributed by atoms with Gasteiger partial charge < -0.3 is 25.2 Å². The first-order valence-electron chi connectivity index (χ1n) is 5.88. The van der Waals surface area contributed by atoms with Crippen LogP contribution in [0.5, 0.6) is 0 Å². The van der Waals surface area contributed by atoms with Crippen LogP contribution in [0.3, 0.4) is 0 Å². The molecular formula is C11H15NO6S2. The molecule has 5 unspecified atom stereocenters. The van der Waals surface area contributed by atoms with Gasteiger partial charge in [-0.15, -0.1) is 11.3 Å². The second-order valence-electron chi connectivity index (χ2n) is 4.36. The van der Waals surface area contributed by atoms with Crippen LogP contribution in [-0.2, 0) is 4.74 Å². The molecule has 1 aromatic rings. The maximum atomic E-state index is 11.2. The van der Waals surface area contributed by atoms with Crippen LogP contribution in [-0.4, -0.2) is 67.7 Å². The Bertz CT molecular complexity index is 479. The summed E-state index contributed by atoms with van der Waals surface area (Å²) in [6.07, 6.45) is -3.62. The maximum Gasteiger partial charge on any atom is 0.171 e. The number of hydrogen-bond donors (Lipinski definition) is 4. The Morgan fingerprint density at radius 1 is 1.40 bits per heavy atom. The highest BCUT2D eigenvalue weighted by Crippen LogP contribution is 2.35. The normalized spacial score (nSPS) is 34.1. The number of rotatable bonds is 4. The standard InChI is InChI=1S/C11H15NO6S2/c1-4(14)6-2-12-11(19-6)20-10-9(17)8(16)7(15)5(3-13)18-10/h2,5,7-10,13,15-17H,3H2,1H3. The molecule has 1 saturated heterocycles. The lowest BCUT2D eigenvalue weighted by Gasteiger charge is -2.39. The van der Waals surface area contributed by atoms with E-state index in [0.717, 1.165) is 23.1 Å². The number of aliphatic hydroxyl groups is 4. The van der Waals surface area contributed by atoms with Crippen molar-refractivity contribution in [1.29, 1.82) is 0 Å². The summed E-state index contributed by atoms with van der Waals surface area (Å²) in [6.45, 7) is 0.953. The van der Waals surface area contributed by atoms with Crippen molar-refractivity contribution in [2.75, 3.05) is 6.61 Å². The Labute approximate surface area is 123 Å². The highest BCUT2D eigenvalue weighted by Gasteiger charge is 2.44. The molecule has 1 aliphatic rings. The fraction of sp³-hybridized carbons (Fsp3) is 0.636. The van der Waals surface area contributed by atoms with Crippen molar-refractivity contribution in [2.24, 2.45) is 0 Å². The summed E-state index contributed by atoms with van der Waals surface area (Å²) in [5.74, 6) is -0.108. The third-order valence-corrected chi connectivity index (χ3v) is 5.26. The predicted octanol–water partition coefficient (Wildman–Crippen LogP) is -0.762. The smallest absolute Gasteiger partial charge is 0.171 e. The van der Waals surface area contributed by atoms with E-state index in [0.29, 0.717) is 9.22 Å². The van der Waals surface area contributed by atoms with Crippen LogP contribution >= 0.6 is 23.1 Å². The van der Waals surface area contributed by atoms with E-state index in [1.165, 1.54) is 13.1 Å². The Morgan fingerprint density at radius 3 is 2.65 bits per heavy atom. The van der Waals surface area contributed by atoms with E-state index in [9.17, 15) is 20.1 Å². The predicted molar refractivity (Wildman–Crippen MR) is 71.7 cm³/mol. The van der Waals surface area contributed by atoms with Gasteiger partial charge in [0.2, 0.25) is 0 Å². The average molecular weight is 321 g/mol. The van der Waals surface area contributed by atoms with Crippen molar-refractivity contribution < 1.29 is 30.0 Å². The third-order valence-electron chi connectivity index (χ3n) is 2.90. The minimum atomic E-state index is -1.41. The zero-order valence-corrected chi connectivity index (χ0v) is 12.2. The first kappa shape index (κ1) is 15.8. The second kappa shape index (κ2) is 6.48. The van der Waals surface area contributed by atoms with Gasteiger partial charge in [0.15, 0.2) is 10.1 Å². The van der Waals surface area contributed by atoms with Gasteiger partial charge in [-0.05, 0) is 0 Å². The molecule has 4 N–H and O–H groups in total. The first-order chi connectivity index (χ1) is 9.43. The van der Waals surface area contributed by atoms with Crippen LogP contribution in [0.4, 0.5) is 0 Å². The molecule has 2 heterocycles. The molecule has 0 aromatic carbocycles. The molecular weight excluding hydrogens is 306 g/mol. The molecule has 9 heteroatoms. The highest BCUT2D eigenvalue weighted by atomic mass is 32.2. The molecule has 112 valence electrons. The molecule has 1 fully saturated rings. The summed E-state index contributed by atoms with van der Waals surface area (Å²) in [7, 11) is 0. The van der Waals surface area contributed by atoms with Gasteiger partial charge in [0.1, 0.15) is 29.9 Å². The molecule has 0 bridgehead atoms. The molecule has 1 aliphatic heterocycles. The molecule has 0 spiro atoms.